The quantitative estimate of drug-likeness (QED) is 0.236. The van der Waals surface area contributed by atoms with E-state index in [1.54, 1.807) is 6.92 Å². The third-order valence-corrected chi connectivity index (χ3v) is 2.89. The number of rotatable bonds is 6. The number of carbonyl (C=O) groups is 2. The molecular formula is C29H69F2O3SY-. The largest absolute Gasteiger partial charge is 0.793 e. The van der Waals surface area contributed by atoms with E-state index in [0.717, 1.165) is 19.1 Å². The Hall–Kier alpha value is 0.614. The molecule has 0 rings (SSSR count). The molecule has 0 unspecified atom stereocenters. The Morgan fingerprint density at radius 2 is 0.667 bits per heavy atom. The second-order valence-electron chi connectivity index (χ2n) is 6.91. The molecule has 227 valence electrons. The van der Waals surface area contributed by atoms with Gasteiger partial charge in [-0.15, -0.1) is 0 Å². The van der Waals surface area contributed by atoms with Crippen LogP contribution in [0.3, 0.4) is 0 Å². The Kier molecular flexibility index (Phi) is 202. The van der Waals surface area contributed by atoms with Gasteiger partial charge in [0, 0.05) is 52.7 Å². The summed E-state index contributed by atoms with van der Waals surface area (Å²) in [7, 11) is 0. The number of hydrogen-bond acceptors (Lipinski definition) is 4. The van der Waals surface area contributed by atoms with E-state index in [-0.39, 0.29) is 45.7 Å². The van der Waals surface area contributed by atoms with Crippen molar-refractivity contribution in [1.82, 2.24) is 0 Å². The molecule has 0 saturated heterocycles. The van der Waals surface area contributed by atoms with Gasteiger partial charge in [0.1, 0.15) is 0 Å². The zero-order chi connectivity index (χ0) is 30.3. The summed E-state index contributed by atoms with van der Waals surface area (Å²) in [5.41, 5.74) is 0. The molecule has 0 bridgehead atoms. The van der Waals surface area contributed by atoms with Crippen molar-refractivity contribution in [3.8, 4) is 0 Å². The molecule has 36 heavy (non-hydrogen) atoms. The van der Waals surface area contributed by atoms with E-state index in [0.29, 0.717) is 0 Å². The summed E-state index contributed by atoms with van der Waals surface area (Å²) in [4.78, 5) is 17.9. The van der Waals surface area contributed by atoms with Gasteiger partial charge in [0.25, 0.3) is 6.04 Å². The average Bonchev–Trinajstić information content (AvgIpc) is 2.85. The van der Waals surface area contributed by atoms with E-state index in [1.165, 1.54) is 64.7 Å². The molecule has 0 heterocycles. The van der Waals surface area contributed by atoms with E-state index < -0.39 is 12.1 Å². The molecule has 0 amide bonds. The molecule has 0 saturated carbocycles. The maximum Gasteiger partial charge on any atom is 0.301 e. The van der Waals surface area contributed by atoms with Crippen molar-refractivity contribution in [2.24, 2.45) is 0 Å². The minimum atomic E-state index is -1.33. The Morgan fingerprint density at radius 1 is 0.583 bits per heavy atom. The molecular weight excluding hydrogens is 555 g/mol. The van der Waals surface area contributed by atoms with Crippen LogP contribution in [0.2, 0.25) is 0 Å². The van der Waals surface area contributed by atoms with Crippen LogP contribution in [-0.4, -0.2) is 29.5 Å². The van der Waals surface area contributed by atoms with Gasteiger partial charge in [-0.05, 0) is 6.92 Å². The maximum atomic E-state index is 10.8. The van der Waals surface area contributed by atoms with E-state index in [9.17, 15) is 8.78 Å². The molecule has 0 aliphatic heterocycles. The molecule has 0 aromatic heterocycles. The molecule has 0 atom stereocenters. The fourth-order valence-electron chi connectivity index (χ4n) is 0. The molecule has 0 aliphatic rings. The number of halogens is 2. The second-order valence-corrected chi connectivity index (χ2v) is 7.31. The minimum Gasteiger partial charge on any atom is -0.793 e. The average molecular weight is 625 g/mol. The van der Waals surface area contributed by atoms with Crippen molar-refractivity contribution < 1.29 is 56.2 Å². The zero-order valence-corrected chi connectivity index (χ0v) is 30.9. The Bertz CT molecular complexity index is 223. The zero-order valence-electron chi connectivity index (χ0n) is 27.2. The van der Waals surface area contributed by atoms with Crippen molar-refractivity contribution in [2.75, 3.05) is 12.4 Å². The van der Waals surface area contributed by atoms with Crippen molar-refractivity contribution in [2.45, 2.75) is 168 Å². The molecule has 7 heteroatoms. The second kappa shape index (κ2) is 111. The minimum absolute atomic E-state index is 0. The molecule has 1 N–H and O–H groups in total. The molecule has 0 fully saturated rings. The molecule has 0 aromatic carbocycles. The molecule has 0 spiro atoms. The molecule has 1 radical (unpaired) electrons. The normalized spacial score (nSPS) is 6.94. The van der Waals surface area contributed by atoms with Gasteiger partial charge in [0.05, 0.1) is 0 Å². The van der Waals surface area contributed by atoms with Gasteiger partial charge < -0.3 is 17.7 Å². The van der Waals surface area contributed by atoms with Crippen molar-refractivity contribution in [1.29, 1.82) is 0 Å². The summed E-state index contributed by atoms with van der Waals surface area (Å²) in [6, 6.07) is -2.58. The van der Waals surface area contributed by atoms with Crippen molar-refractivity contribution >= 4 is 24.7 Å². The van der Waals surface area contributed by atoms with Crippen LogP contribution in [0.1, 0.15) is 168 Å². The number of aliphatic hydroxyl groups excluding tert-OH is 1. The van der Waals surface area contributed by atoms with Crippen LogP contribution in [0.4, 0.5) is 8.78 Å². The van der Waals surface area contributed by atoms with E-state index in [2.05, 4.69) is 88.8 Å². The molecule has 0 aromatic rings. The van der Waals surface area contributed by atoms with Crippen molar-refractivity contribution in [3.63, 3.8) is 0 Å². The van der Waals surface area contributed by atoms with E-state index in [1.807, 2.05) is 0 Å². The van der Waals surface area contributed by atoms with Gasteiger partial charge in [0.15, 0.2) is 0 Å². The van der Waals surface area contributed by atoms with Gasteiger partial charge >= 0.3 is 6.04 Å². The Morgan fingerprint density at radius 3 is 0.667 bits per heavy atom. The maximum absolute atomic E-state index is 10.8. The van der Waals surface area contributed by atoms with Crippen LogP contribution in [0.5, 0.6) is 0 Å². The van der Waals surface area contributed by atoms with Gasteiger partial charge in [-0.3, -0.25) is 9.59 Å². The third-order valence-electron chi connectivity index (χ3n) is 2.48. The predicted molar refractivity (Wildman–Crippen MR) is 162 cm³/mol. The number of carbonyl (C=O) groups excluding carboxylic acids is 2. The number of aliphatic hydroxyl groups is 1. The summed E-state index contributed by atoms with van der Waals surface area (Å²) in [6.07, 6.45) is 12.9. The van der Waals surface area contributed by atoms with Gasteiger partial charge in [-0.2, -0.15) is 14.5 Å². The summed E-state index contributed by atoms with van der Waals surface area (Å²) in [6.45, 7) is 28.0. The van der Waals surface area contributed by atoms with E-state index in [4.69, 9.17) is 14.7 Å². The Balaban J connectivity index is -0.0000000264. The molecule has 3 nitrogen and oxygen atoms in total. The van der Waals surface area contributed by atoms with Crippen LogP contribution in [-0.2, 0) is 54.9 Å². The summed E-state index contributed by atoms with van der Waals surface area (Å²) >= 11 is 4.55. The fourth-order valence-corrected chi connectivity index (χ4v) is 0. The monoisotopic (exact) mass is 624 g/mol. The van der Waals surface area contributed by atoms with Crippen LogP contribution in [0, 0.1) is 0 Å². The predicted octanol–water partition coefficient (Wildman–Crippen LogP) is 11.0. The fraction of sp³-hybridized carbons (Fsp3) is 0.931. The van der Waals surface area contributed by atoms with Gasteiger partial charge in [-0.1, -0.05) is 147 Å². The SMILES string of the molecule is CC(=O)F.CCC.CCC(=O)F.CCCC.CCCC.CCCC.CCCC.CCC[S-].CCO.[Y]. The van der Waals surface area contributed by atoms with Crippen LogP contribution in [0.25, 0.3) is 0 Å². The van der Waals surface area contributed by atoms with Gasteiger partial charge in [-0.25, -0.2) is 0 Å². The van der Waals surface area contributed by atoms with Crippen LogP contribution in [0.15, 0.2) is 0 Å². The first-order valence-corrected chi connectivity index (χ1v) is 14.5. The van der Waals surface area contributed by atoms with Crippen molar-refractivity contribution in [3.05, 3.63) is 0 Å². The molecule has 0 aliphatic carbocycles. The first kappa shape index (κ1) is 65.6. The van der Waals surface area contributed by atoms with Crippen LogP contribution >= 0.6 is 0 Å². The van der Waals surface area contributed by atoms with Gasteiger partial charge in [0.2, 0.25) is 0 Å². The summed E-state index contributed by atoms with van der Waals surface area (Å²) in [5, 5.41) is 7.57. The standard InChI is InChI=1S/4C4H10.C3H5FO.C3H8S.C3H8.C2H3FO.C2H6O.Y/c4*1-3-4-2;1-2-3(4)5;1-2-3-4;1-3-2;1-2(3)4;1-2-3;/h4*3-4H2,1-2H3;2H2,1H3;4H,2-3H2,1H3;3H2,1-2H3;1H3;3H,2H2,1H3;/p-1. The van der Waals surface area contributed by atoms with Crippen LogP contribution < -0.4 is 0 Å². The first-order chi connectivity index (χ1) is 16.4. The third kappa shape index (κ3) is 675. The first-order valence-electron chi connectivity index (χ1n) is 13.9. The number of hydrogen-bond donors (Lipinski definition) is 1. The number of unbranched alkanes of at least 4 members (excludes halogenated alkanes) is 4. The smallest absolute Gasteiger partial charge is 0.301 e. The summed E-state index contributed by atoms with van der Waals surface area (Å²) in [5.74, 6) is 0.903. The topological polar surface area (TPSA) is 54.4 Å². The van der Waals surface area contributed by atoms with E-state index >= 15 is 0 Å². The Labute approximate surface area is 259 Å². The summed E-state index contributed by atoms with van der Waals surface area (Å²) < 4.78 is 21.2.